The number of hydrogen-bond acceptors (Lipinski definition) is 5. The molecule has 0 saturated carbocycles. The van der Waals surface area contributed by atoms with Gasteiger partial charge in [0.15, 0.2) is 6.29 Å². The number of aromatic nitrogens is 3. The maximum absolute atomic E-state index is 12.4. The average molecular weight is 296 g/mol. The monoisotopic (exact) mass is 296 g/mol. The summed E-state index contributed by atoms with van der Waals surface area (Å²) in [4.78, 5) is 19.3. The van der Waals surface area contributed by atoms with E-state index < -0.39 is 6.61 Å². The Balaban J connectivity index is 2.57. The van der Waals surface area contributed by atoms with Gasteiger partial charge in [-0.25, -0.2) is 9.97 Å². The molecule has 0 unspecified atom stereocenters. The second-order valence-electron chi connectivity index (χ2n) is 4.19. The summed E-state index contributed by atoms with van der Waals surface area (Å²) in [5, 5.41) is 0. The van der Waals surface area contributed by atoms with Crippen LogP contribution in [0.2, 0.25) is 0 Å². The van der Waals surface area contributed by atoms with Gasteiger partial charge in [-0.3, -0.25) is 4.79 Å². The third-order valence-electron chi connectivity index (χ3n) is 2.89. The fourth-order valence-electron chi connectivity index (χ4n) is 2.06. The number of aryl methyl sites for hydroxylation is 1. The van der Waals surface area contributed by atoms with Crippen molar-refractivity contribution >= 4 is 6.29 Å². The van der Waals surface area contributed by atoms with Crippen molar-refractivity contribution in [2.24, 2.45) is 5.73 Å². The van der Waals surface area contributed by atoms with Crippen molar-refractivity contribution in [3.63, 3.8) is 0 Å². The lowest BCUT2D eigenvalue weighted by molar-refractivity contribution is -0.0524. The average Bonchev–Trinajstić information content (AvgIpc) is 2.76. The third kappa shape index (κ3) is 3.05. The van der Waals surface area contributed by atoms with Crippen LogP contribution in [0.3, 0.4) is 0 Å². The van der Waals surface area contributed by atoms with Gasteiger partial charge in [-0.15, -0.1) is 0 Å². The minimum atomic E-state index is -3.01. The van der Waals surface area contributed by atoms with Gasteiger partial charge in [0.25, 0.3) is 0 Å². The van der Waals surface area contributed by atoms with E-state index in [1.54, 1.807) is 17.6 Å². The predicted octanol–water partition coefficient (Wildman–Crippen LogP) is 1.63. The van der Waals surface area contributed by atoms with Crippen molar-refractivity contribution in [2.45, 2.75) is 20.1 Å². The normalized spacial score (nSPS) is 10.9. The van der Waals surface area contributed by atoms with E-state index in [2.05, 4.69) is 14.7 Å². The van der Waals surface area contributed by atoms with Crippen LogP contribution < -0.4 is 10.5 Å². The Bertz CT molecular complexity index is 643. The molecule has 112 valence electrons. The molecule has 21 heavy (non-hydrogen) atoms. The zero-order chi connectivity index (χ0) is 15.4. The van der Waals surface area contributed by atoms with Crippen LogP contribution in [0.25, 0.3) is 11.3 Å². The van der Waals surface area contributed by atoms with Gasteiger partial charge in [0.1, 0.15) is 17.2 Å². The maximum atomic E-state index is 12.4. The summed E-state index contributed by atoms with van der Waals surface area (Å²) in [6, 6.07) is 3.08. The van der Waals surface area contributed by atoms with Crippen LogP contribution in [0, 0.1) is 6.92 Å². The summed E-state index contributed by atoms with van der Waals surface area (Å²) in [5.41, 5.74) is 6.24. The first-order valence-electron chi connectivity index (χ1n) is 6.21. The summed E-state index contributed by atoms with van der Waals surface area (Å²) in [6.45, 7) is -0.579. The highest BCUT2D eigenvalue weighted by Gasteiger charge is 2.20. The van der Waals surface area contributed by atoms with Gasteiger partial charge in [0.2, 0.25) is 5.88 Å². The van der Waals surface area contributed by atoms with Crippen molar-refractivity contribution < 1.29 is 18.3 Å². The molecule has 2 heterocycles. The molecule has 2 rings (SSSR count). The first-order valence-corrected chi connectivity index (χ1v) is 6.21. The fourth-order valence-corrected chi connectivity index (χ4v) is 2.06. The number of hydrogen-bond donors (Lipinski definition) is 1. The summed E-state index contributed by atoms with van der Waals surface area (Å²) in [7, 11) is 0. The molecule has 0 fully saturated rings. The highest BCUT2D eigenvalue weighted by atomic mass is 19.3. The molecule has 0 amide bonds. The first-order chi connectivity index (χ1) is 10.1. The van der Waals surface area contributed by atoms with Crippen molar-refractivity contribution in [2.75, 3.05) is 6.54 Å². The van der Waals surface area contributed by atoms with E-state index >= 15 is 0 Å². The Morgan fingerprint density at radius 3 is 2.90 bits per heavy atom. The van der Waals surface area contributed by atoms with Crippen LogP contribution in [0.5, 0.6) is 5.88 Å². The van der Waals surface area contributed by atoms with Crippen molar-refractivity contribution in [1.29, 1.82) is 0 Å². The van der Waals surface area contributed by atoms with Gasteiger partial charge < -0.3 is 15.0 Å². The van der Waals surface area contributed by atoms with Crippen molar-refractivity contribution in [1.82, 2.24) is 14.5 Å². The van der Waals surface area contributed by atoms with Crippen LogP contribution in [-0.4, -0.2) is 34.0 Å². The van der Waals surface area contributed by atoms with Gasteiger partial charge in [-0.1, -0.05) is 0 Å². The number of rotatable bonds is 6. The quantitative estimate of drug-likeness (QED) is 0.819. The molecular formula is C13H14F2N4O2. The van der Waals surface area contributed by atoms with E-state index in [0.29, 0.717) is 25.2 Å². The topological polar surface area (TPSA) is 83.0 Å². The third-order valence-corrected chi connectivity index (χ3v) is 2.89. The molecule has 0 aliphatic heterocycles. The van der Waals surface area contributed by atoms with Crippen molar-refractivity contribution in [3.05, 3.63) is 29.8 Å². The standard InChI is InChI=1S/C13H14F2N4O2/c1-8-18-11(10(7-20)19(8)6-4-16)9-3-2-5-17-12(9)21-13(14)15/h2-3,5,7,13H,4,6,16H2,1H3. The number of pyridine rings is 1. The minimum absolute atomic E-state index is 0.235. The SMILES string of the molecule is Cc1nc(-c2cccnc2OC(F)F)c(C=O)n1CCN. The number of carbonyl (C=O) groups excluding carboxylic acids is 1. The van der Waals surface area contributed by atoms with Gasteiger partial charge in [-0.05, 0) is 19.1 Å². The molecule has 0 saturated heterocycles. The number of halogens is 2. The van der Waals surface area contributed by atoms with Crippen LogP contribution in [0.1, 0.15) is 16.3 Å². The Labute approximate surface area is 119 Å². The second kappa shape index (κ2) is 6.40. The van der Waals surface area contributed by atoms with Crippen molar-refractivity contribution in [3.8, 4) is 17.1 Å². The second-order valence-corrected chi connectivity index (χ2v) is 4.19. The largest absolute Gasteiger partial charge is 0.416 e. The number of nitrogens with zero attached hydrogens (tertiary/aromatic N) is 3. The number of ether oxygens (including phenoxy) is 1. The van der Waals surface area contributed by atoms with E-state index in [1.807, 2.05) is 0 Å². The van der Waals surface area contributed by atoms with Crippen LogP contribution in [0.15, 0.2) is 18.3 Å². The first kappa shape index (κ1) is 15.0. The molecule has 0 radical (unpaired) electrons. The minimum Gasteiger partial charge on any atom is -0.416 e. The van der Waals surface area contributed by atoms with E-state index in [4.69, 9.17) is 5.73 Å². The summed E-state index contributed by atoms with van der Waals surface area (Å²) in [6.07, 6.45) is 1.94. The molecule has 8 heteroatoms. The predicted molar refractivity (Wildman–Crippen MR) is 71.3 cm³/mol. The lowest BCUT2D eigenvalue weighted by atomic mass is 10.1. The van der Waals surface area contributed by atoms with Gasteiger partial charge >= 0.3 is 6.61 Å². The summed E-state index contributed by atoms with van der Waals surface area (Å²) < 4.78 is 30.9. The highest BCUT2D eigenvalue weighted by molar-refractivity contribution is 5.85. The molecule has 0 aromatic carbocycles. The molecule has 0 aliphatic carbocycles. The molecule has 0 spiro atoms. The van der Waals surface area contributed by atoms with Gasteiger partial charge in [0, 0.05) is 19.3 Å². The molecular weight excluding hydrogens is 282 g/mol. The van der Waals surface area contributed by atoms with Gasteiger partial charge in [-0.2, -0.15) is 8.78 Å². The number of alkyl halides is 2. The smallest absolute Gasteiger partial charge is 0.388 e. The zero-order valence-electron chi connectivity index (χ0n) is 11.3. The summed E-state index contributed by atoms with van der Waals surface area (Å²) >= 11 is 0. The Hall–Kier alpha value is -2.35. The number of nitrogens with two attached hydrogens (primary N) is 1. The van der Waals surface area contributed by atoms with Crippen LogP contribution >= 0.6 is 0 Å². The Kier molecular flexibility index (Phi) is 4.59. The molecule has 0 atom stereocenters. The highest BCUT2D eigenvalue weighted by Crippen LogP contribution is 2.30. The fraction of sp³-hybridized carbons (Fsp3) is 0.308. The van der Waals surface area contributed by atoms with Crippen LogP contribution in [0.4, 0.5) is 8.78 Å². The molecule has 0 bridgehead atoms. The number of aldehydes is 1. The molecule has 2 aromatic heterocycles. The zero-order valence-corrected chi connectivity index (χ0v) is 11.3. The molecule has 6 nitrogen and oxygen atoms in total. The lowest BCUT2D eigenvalue weighted by Gasteiger charge is -2.08. The molecule has 2 aromatic rings. The van der Waals surface area contributed by atoms with Crippen LogP contribution in [-0.2, 0) is 6.54 Å². The number of imidazole rings is 1. The molecule has 0 aliphatic rings. The Morgan fingerprint density at radius 1 is 1.52 bits per heavy atom. The number of carbonyl (C=O) groups is 1. The summed E-state index contributed by atoms with van der Waals surface area (Å²) in [5.74, 6) is 0.289. The molecule has 2 N–H and O–H groups in total. The Morgan fingerprint density at radius 2 is 2.29 bits per heavy atom. The lowest BCUT2D eigenvalue weighted by Crippen LogP contribution is -2.13. The van der Waals surface area contributed by atoms with E-state index in [-0.39, 0.29) is 22.8 Å². The van der Waals surface area contributed by atoms with E-state index in [0.717, 1.165) is 0 Å². The van der Waals surface area contributed by atoms with E-state index in [9.17, 15) is 13.6 Å². The van der Waals surface area contributed by atoms with Gasteiger partial charge in [0.05, 0.1) is 5.56 Å². The maximum Gasteiger partial charge on any atom is 0.388 e. The van der Waals surface area contributed by atoms with E-state index in [1.165, 1.54) is 12.3 Å².